The van der Waals surface area contributed by atoms with Gasteiger partial charge in [-0.25, -0.2) is 0 Å². The van der Waals surface area contributed by atoms with Gasteiger partial charge in [-0.2, -0.15) is 0 Å². The Hall–Kier alpha value is -0.570. The summed E-state index contributed by atoms with van der Waals surface area (Å²) in [6.07, 6.45) is 0.864. The van der Waals surface area contributed by atoms with Crippen LogP contribution >= 0.6 is 0 Å². The maximum atomic E-state index is 10.0. The van der Waals surface area contributed by atoms with E-state index in [2.05, 4.69) is 0 Å². The van der Waals surface area contributed by atoms with Crippen LogP contribution in [0.4, 0.5) is 0 Å². The molecule has 3 nitrogen and oxygen atoms in total. The van der Waals surface area contributed by atoms with Crippen molar-refractivity contribution in [2.45, 2.75) is 0 Å². The molecule has 0 aromatic heterocycles. The molecule has 1 aliphatic heterocycles. The smallest absolute Gasteiger partial charge is 0.209 e. The van der Waals surface area contributed by atoms with Crippen LogP contribution in [0.1, 0.15) is 0 Å². The first-order valence-corrected chi connectivity index (χ1v) is 2.70. The summed E-state index contributed by atoms with van der Waals surface area (Å²) in [5, 5.41) is 0. The van der Waals surface area contributed by atoms with Crippen molar-refractivity contribution in [1.82, 2.24) is 4.90 Å². The van der Waals surface area contributed by atoms with Crippen LogP contribution in [-0.2, 0) is 9.53 Å². The molecule has 0 radical (unpaired) electrons. The molecule has 8 heavy (non-hydrogen) atoms. The summed E-state index contributed by atoms with van der Waals surface area (Å²) in [5.41, 5.74) is 0. The van der Waals surface area contributed by atoms with Gasteiger partial charge in [0.25, 0.3) is 0 Å². The Morgan fingerprint density at radius 2 is 2.00 bits per heavy atom. The quantitative estimate of drug-likeness (QED) is 0.340. The van der Waals surface area contributed by atoms with Gasteiger partial charge in [0.1, 0.15) is 0 Å². The molecule has 0 aromatic carbocycles. The zero-order valence-electron chi connectivity index (χ0n) is 4.67. The number of rotatable bonds is 1. The van der Waals surface area contributed by atoms with Gasteiger partial charge in [0.2, 0.25) is 6.41 Å². The Morgan fingerprint density at radius 1 is 1.38 bits per heavy atom. The van der Waals surface area contributed by atoms with E-state index >= 15 is 0 Å². The molecule has 0 aliphatic carbocycles. The van der Waals surface area contributed by atoms with Crippen LogP contribution in [0, 0.1) is 0 Å². The largest absolute Gasteiger partial charge is 0.378 e. The molecular formula is C5H9NO2. The van der Waals surface area contributed by atoms with Crippen LogP contribution < -0.4 is 0 Å². The highest BCUT2D eigenvalue weighted by Gasteiger charge is 2.05. The van der Waals surface area contributed by atoms with E-state index in [1.807, 2.05) is 0 Å². The van der Waals surface area contributed by atoms with Crippen molar-refractivity contribution in [1.29, 1.82) is 0 Å². The van der Waals surface area contributed by atoms with E-state index in [0.29, 0.717) is 13.2 Å². The van der Waals surface area contributed by atoms with Crippen LogP contribution in [0.5, 0.6) is 0 Å². The minimum absolute atomic E-state index is 0.693. The Labute approximate surface area is 48.2 Å². The van der Waals surface area contributed by atoms with Gasteiger partial charge in [0.05, 0.1) is 13.2 Å². The minimum Gasteiger partial charge on any atom is -0.378 e. The average Bonchev–Trinajstić information content (AvgIpc) is 1.90. The second-order valence-electron chi connectivity index (χ2n) is 1.75. The molecule has 1 rings (SSSR count). The van der Waals surface area contributed by atoms with Crippen LogP contribution in [0.2, 0.25) is 0 Å². The van der Waals surface area contributed by atoms with Crippen molar-refractivity contribution >= 4 is 6.41 Å². The van der Waals surface area contributed by atoms with E-state index < -0.39 is 0 Å². The Bertz CT molecular complexity index is 78.5. The molecule has 1 amide bonds. The Morgan fingerprint density at radius 3 is 2.38 bits per heavy atom. The highest BCUT2D eigenvalue weighted by molar-refractivity contribution is 5.46. The van der Waals surface area contributed by atoms with Crippen molar-refractivity contribution in [3.63, 3.8) is 0 Å². The number of hydrogen-bond acceptors (Lipinski definition) is 2. The molecule has 0 unspecified atom stereocenters. The fourth-order valence-corrected chi connectivity index (χ4v) is 0.683. The minimum atomic E-state index is 0.693. The number of morpholine rings is 1. The Balaban J connectivity index is 2.22. The van der Waals surface area contributed by atoms with Gasteiger partial charge in [-0.1, -0.05) is 0 Å². The molecule has 0 saturated carbocycles. The second kappa shape index (κ2) is 2.67. The van der Waals surface area contributed by atoms with Gasteiger partial charge in [0, 0.05) is 13.1 Å². The van der Waals surface area contributed by atoms with Gasteiger partial charge in [-0.05, 0) is 0 Å². The summed E-state index contributed by atoms with van der Waals surface area (Å²) in [6, 6.07) is 0. The fraction of sp³-hybridized carbons (Fsp3) is 0.800. The molecule has 46 valence electrons. The van der Waals surface area contributed by atoms with Crippen molar-refractivity contribution in [2.24, 2.45) is 0 Å². The van der Waals surface area contributed by atoms with Crippen molar-refractivity contribution < 1.29 is 9.53 Å². The molecule has 1 fully saturated rings. The lowest BCUT2D eigenvalue weighted by atomic mass is 10.5. The second-order valence-corrected chi connectivity index (χ2v) is 1.75. The maximum absolute atomic E-state index is 10.0. The van der Waals surface area contributed by atoms with Crippen molar-refractivity contribution in [3.05, 3.63) is 0 Å². The maximum Gasteiger partial charge on any atom is 0.209 e. The molecule has 0 bridgehead atoms. The lowest BCUT2D eigenvalue weighted by Gasteiger charge is -2.21. The molecule has 3 heteroatoms. The molecule has 0 atom stereocenters. The zero-order chi connectivity index (χ0) is 5.82. The number of carbonyl (C=O) groups is 1. The number of ether oxygens (including phenoxy) is 1. The lowest BCUT2D eigenvalue weighted by molar-refractivity contribution is -0.121. The third-order valence-corrected chi connectivity index (χ3v) is 1.19. The first-order valence-electron chi connectivity index (χ1n) is 2.70. The zero-order valence-corrected chi connectivity index (χ0v) is 4.67. The Kier molecular flexibility index (Phi) is 1.86. The highest BCUT2D eigenvalue weighted by Crippen LogP contribution is 1.90. The lowest BCUT2D eigenvalue weighted by Crippen LogP contribution is -2.34. The SMILES string of the molecule is O=[13CH]N1CCOCC1. The monoisotopic (exact) mass is 116 g/mol. The van der Waals surface area contributed by atoms with E-state index in [9.17, 15) is 4.79 Å². The van der Waals surface area contributed by atoms with Gasteiger partial charge in [-0.15, -0.1) is 0 Å². The van der Waals surface area contributed by atoms with Crippen LogP contribution in [0.15, 0.2) is 0 Å². The summed E-state index contributed by atoms with van der Waals surface area (Å²) in [5.74, 6) is 0. The van der Waals surface area contributed by atoms with Crippen LogP contribution in [-0.4, -0.2) is 37.6 Å². The summed E-state index contributed by atoms with van der Waals surface area (Å²) in [7, 11) is 0. The number of amides is 1. The fourth-order valence-electron chi connectivity index (χ4n) is 0.683. The molecule has 0 spiro atoms. The van der Waals surface area contributed by atoms with Crippen LogP contribution in [0.25, 0.3) is 0 Å². The third kappa shape index (κ3) is 1.20. The third-order valence-electron chi connectivity index (χ3n) is 1.19. The number of carbonyl (C=O) groups excluding carboxylic acids is 1. The van der Waals surface area contributed by atoms with Gasteiger partial charge in [-0.3, -0.25) is 4.79 Å². The first-order chi connectivity index (χ1) is 3.93. The molecule has 0 N–H and O–H groups in total. The highest BCUT2D eigenvalue weighted by atomic mass is 16.5. The standard InChI is InChI=1S/C5H9NO2/c7-5-6-1-3-8-4-2-6/h5H,1-4H2/i5+1. The number of nitrogens with zero attached hydrogens (tertiary/aromatic N) is 1. The van der Waals surface area contributed by atoms with E-state index in [0.717, 1.165) is 19.5 Å². The molecule has 1 heterocycles. The predicted octanol–water partition coefficient (Wildman–Crippen LogP) is -0.525. The van der Waals surface area contributed by atoms with Crippen molar-refractivity contribution in [2.75, 3.05) is 26.3 Å². The van der Waals surface area contributed by atoms with Gasteiger partial charge < -0.3 is 9.64 Å². The molecule has 0 aromatic rings. The summed E-state index contributed by atoms with van der Waals surface area (Å²) in [6.45, 7) is 2.89. The van der Waals surface area contributed by atoms with E-state index in [1.165, 1.54) is 0 Å². The van der Waals surface area contributed by atoms with E-state index in [-0.39, 0.29) is 0 Å². The first kappa shape index (κ1) is 5.56. The van der Waals surface area contributed by atoms with Crippen LogP contribution in [0.3, 0.4) is 0 Å². The molecule has 1 saturated heterocycles. The normalized spacial score (nSPS) is 20.8. The molecular weight excluding hydrogens is 107 g/mol. The van der Waals surface area contributed by atoms with E-state index in [1.54, 1.807) is 4.90 Å². The predicted molar refractivity (Wildman–Crippen MR) is 28.5 cm³/mol. The van der Waals surface area contributed by atoms with Gasteiger partial charge in [0.15, 0.2) is 0 Å². The topological polar surface area (TPSA) is 29.5 Å². The summed E-state index contributed by atoms with van der Waals surface area (Å²) in [4.78, 5) is 11.7. The number of hydrogen-bond donors (Lipinski definition) is 0. The molecule has 1 aliphatic rings. The summed E-state index contributed by atoms with van der Waals surface area (Å²) >= 11 is 0. The van der Waals surface area contributed by atoms with Gasteiger partial charge >= 0.3 is 0 Å². The van der Waals surface area contributed by atoms with E-state index in [4.69, 9.17) is 4.74 Å². The van der Waals surface area contributed by atoms with Crippen molar-refractivity contribution in [3.8, 4) is 0 Å². The summed E-state index contributed by atoms with van der Waals surface area (Å²) < 4.78 is 5.00. The average molecular weight is 116 g/mol.